The Labute approximate surface area is 150 Å². The van der Waals surface area contributed by atoms with Gasteiger partial charge in [0.2, 0.25) is 0 Å². The number of aliphatic hydroxyl groups excluding tert-OH is 1. The van der Waals surface area contributed by atoms with Gasteiger partial charge in [-0.15, -0.1) is 0 Å². The highest BCUT2D eigenvalue weighted by Gasteiger charge is 2.41. The highest BCUT2D eigenvalue weighted by atomic mass is 35.5. The number of halogens is 2. The van der Waals surface area contributed by atoms with E-state index in [1.54, 1.807) is 18.2 Å². The summed E-state index contributed by atoms with van der Waals surface area (Å²) in [4.78, 5) is 12.8. The van der Waals surface area contributed by atoms with Gasteiger partial charge in [-0.2, -0.15) is 0 Å². The lowest BCUT2D eigenvalue weighted by molar-refractivity contribution is -0.117. The molecule has 0 heterocycles. The van der Waals surface area contributed by atoms with E-state index in [9.17, 15) is 14.3 Å². The van der Waals surface area contributed by atoms with Crippen molar-refractivity contribution in [1.82, 2.24) is 0 Å². The summed E-state index contributed by atoms with van der Waals surface area (Å²) in [5.41, 5.74) is 3.03. The van der Waals surface area contributed by atoms with Gasteiger partial charge in [0.15, 0.2) is 5.78 Å². The summed E-state index contributed by atoms with van der Waals surface area (Å²) >= 11 is 5.90. The van der Waals surface area contributed by atoms with Crippen LogP contribution in [0.25, 0.3) is 16.7 Å². The molecule has 1 saturated carbocycles. The number of aryl methyl sites for hydroxylation is 1. The highest BCUT2D eigenvalue weighted by Crippen LogP contribution is 2.46. The summed E-state index contributed by atoms with van der Waals surface area (Å²) in [7, 11) is 0. The first-order valence-corrected chi connectivity index (χ1v) is 8.88. The fraction of sp³-hybridized carbons (Fsp3) is 0.286. The smallest absolute Gasteiger partial charge is 0.169 e. The maximum absolute atomic E-state index is 14.4. The third kappa shape index (κ3) is 2.58. The number of Topliss-reactive ketones (excluding diaryl/α,β-unsaturated/α-hetero) is 1. The van der Waals surface area contributed by atoms with Crippen LogP contribution in [0.15, 0.2) is 42.2 Å². The van der Waals surface area contributed by atoms with E-state index in [0.29, 0.717) is 22.3 Å². The number of fused-ring (bicyclic) bond motifs is 2. The Balaban J connectivity index is 1.88. The van der Waals surface area contributed by atoms with E-state index in [1.165, 1.54) is 6.07 Å². The summed E-state index contributed by atoms with van der Waals surface area (Å²) in [5, 5.41) is 10.7. The van der Waals surface area contributed by atoms with E-state index in [1.807, 2.05) is 19.1 Å². The molecule has 4 rings (SSSR count). The minimum atomic E-state index is -0.479. The van der Waals surface area contributed by atoms with Crippen molar-refractivity contribution < 1.29 is 14.3 Å². The third-order valence-corrected chi connectivity index (χ3v) is 5.75. The molecule has 0 amide bonds. The van der Waals surface area contributed by atoms with Gasteiger partial charge in [0.25, 0.3) is 0 Å². The van der Waals surface area contributed by atoms with Gasteiger partial charge in [0.1, 0.15) is 11.6 Å². The Morgan fingerprint density at radius 2 is 1.88 bits per heavy atom. The van der Waals surface area contributed by atoms with Gasteiger partial charge in [0.05, 0.1) is 10.6 Å². The van der Waals surface area contributed by atoms with Gasteiger partial charge < -0.3 is 5.11 Å². The second-order valence-electron chi connectivity index (χ2n) is 6.96. The van der Waals surface area contributed by atoms with Crippen molar-refractivity contribution in [3.05, 3.63) is 64.1 Å². The zero-order chi connectivity index (χ0) is 17.7. The van der Waals surface area contributed by atoms with Gasteiger partial charge in [0, 0.05) is 17.4 Å². The van der Waals surface area contributed by atoms with Crippen molar-refractivity contribution in [2.75, 3.05) is 0 Å². The molecule has 2 aliphatic carbocycles. The van der Waals surface area contributed by atoms with Gasteiger partial charge in [-0.25, -0.2) is 4.39 Å². The van der Waals surface area contributed by atoms with Crippen molar-refractivity contribution in [3.63, 3.8) is 0 Å². The van der Waals surface area contributed by atoms with Crippen LogP contribution in [0, 0.1) is 24.6 Å². The standard InChI is InChI=1S/C21H18ClFO2/c1-11-5-6-12(15-3-2-4-17(22)19(15)23)10-16(11)18-20(24)13-7-8-14(9-13)21(18)25/h2-6,10,13-14,24H,7-9H2,1H3/t13-,14+/m1/s1. The maximum atomic E-state index is 14.4. The first-order chi connectivity index (χ1) is 12.0. The molecule has 2 atom stereocenters. The van der Waals surface area contributed by atoms with Crippen molar-refractivity contribution in [1.29, 1.82) is 0 Å². The van der Waals surface area contributed by atoms with E-state index in [0.717, 1.165) is 24.8 Å². The van der Waals surface area contributed by atoms with E-state index in [-0.39, 0.29) is 28.4 Å². The molecule has 0 aliphatic heterocycles. The summed E-state index contributed by atoms with van der Waals surface area (Å²) in [6.45, 7) is 1.90. The molecule has 0 saturated heterocycles. The number of ketones is 1. The van der Waals surface area contributed by atoms with Gasteiger partial charge in [-0.1, -0.05) is 35.9 Å². The number of rotatable bonds is 2. The van der Waals surface area contributed by atoms with Gasteiger partial charge >= 0.3 is 0 Å². The Hall–Kier alpha value is -2.13. The minimum absolute atomic E-state index is 0.00172. The van der Waals surface area contributed by atoms with Gasteiger partial charge in [-0.3, -0.25) is 4.79 Å². The first kappa shape index (κ1) is 16.3. The summed E-state index contributed by atoms with van der Waals surface area (Å²) in [6, 6.07) is 10.3. The van der Waals surface area contributed by atoms with Gasteiger partial charge in [-0.05, 0) is 55.0 Å². The number of hydrogen-bond donors (Lipinski definition) is 1. The van der Waals surface area contributed by atoms with E-state index in [4.69, 9.17) is 11.6 Å². The Morgan fingerprint density at radius 1 is 1.12 bits per heavy atom. The molecule has 128 valence electrons. The summed E-state index contributed by atoms with van der Waals surface area (Å²) in [6.07, 6.45) is 2.43. The monoisotopic (exact) mass is 356 g/mol. The molecule has 2 aliphatic rings. The largest absolute Gasteiger partial charge is 0.511 e. The maximum Gasteiger partial charge on any atom is 0.169 e. The average molecular weight is 357 g/mol. The summed E-state index contributed by atoms with van der Waals surface area (Å²) < 4.78 is 14.4. The van der Waals surface area contributed by atoms with Crippen molar-refractivity contribution in [2.45, 2.75) is 26.2 Å². The van der Waals surface area contributed by atoms with Crippen LogP contribution in [-0.2, 0) is 4.79 Å². The predicted molar refractivity (Wildman–Crippen MR) is 97.0 cm³/mol. The number of aliphatic hydroxyl groups is 1. The molecule has 1 N–H and O–H groups in total. The molecular formula is C21H18ClFO2. The molecule has 0 aromatic heterocycles. The molecule has 2 bridgehead atoms. The van der Waals surface area contributed by atoms with E-state index < -0.39 is 5.82 Å². The minimum Gasteiger partial charge on any atom is -0.511 e. The molecule has 4 heteroatoms. The van der Waals surface area contributed by atoms with Crippen molar-refractivity contribution in [3.8, 4) is 11.1 Å². The van der Waals surface area contributed by atoms with Crippen LogP contribution in [0.1, 0.15) is 30.4 Å². The summed E-state index contributed by atoms with van der Waals surface area (Å²) in [5.74, 6) is -0.193. The molecule has 2 aromatic rings. The number of carbonyl (C=O) groups excluding carboxylic acids is 1. The molecule has 2 aromatic carbocycles. The quantitative estimate of drug-likeness (QED) is 0.746. The Kier molecular flexibility index (Phi) is 3.92. The Bertz CT molecular complexity index is 916. The molecule has 2 nitrogen and oxygen atoms in total. The normalized spacial score (nSPS) is 22.6. The average Bonchev–Trinajstić information content (AvgIpc) is 3.05. The first-order valence-electron chi connectivity index (χ1n) is 8.50. The topological polar surface area (TPSA) is 37.3 Å². The molecule has 25 heavy (non-hydrogen) atoms. The molecule has 0 radical (unpaired) electrons. The second kappa shape index (κ2) is 5.99. The third-order valence-electron chi connectivity index (χ3n) is 5.46. The van der Waals surface area contributed by atoms with Crippen LogP contribution in [0.3, 0.4) is 0 Å². The highest BCUT2D eigenvalue weighted by molar-refractivity contribution is 6.31. The zero-order valence-electron chi connectivity index (χ0n) is 13.9. The molecule has 1 fully saturated rings. The van der Waals surface area contributed by atoms with Crippen molar-refractivity contribution >= 4 is 23.0 Å². The lowest BCUT2D eigenvalue weighted by atomic mass is 9.81. The zero-order valence-corrected chi connectivity index (χ0v) is 14.6. The predicted octanol–water partition coefficient (Wildman–Crippen LogP) is 5.72. The fourth-order valence-corrected chi connectivity index (χ4v) is 4.23. The van der Waals surface area contributed by atoms with Crippen LogP contribution in [0.5, 0.6) is 0 Å². The lowest BCUT2D eigenvalue weighted by Gasteiger charge is -2.23. The van der Waals surface area contributed by atoms with E-state index in [2.05, 4.69) is 0 Å². The fourth-order valence-electron chi connectivity index (χ4n) is 4.06. The molecular weight excluding hydrogens is 339 g/mol. The SMILES string of the molecule is Cc1ccc(-c2cccc(Cl)c2F)cc1C1=C(O)[C@@H]2CC[C@@H](C2)C1=O. The number of hydrogen-bond acceptors (Lipinski definition) is 2. The Morgan fingerprint density at radius 3 is 2.68 bits per heavy atom. The molecule has 0 unspecified atom stereocenters. The van der Waals surface area contributed by atoms with Crippen LogP contribution in [0.4, 0.5) is 4.39 Å². The van der Waals surface area contributed by atoms with Crippen molar-refractivity contribution in [2.24, 2.45) is 11.8 Å². The number of carbonyl (C=O) groups is 1. The van der Waals surface area contributed by atoms with Crippen LogP contribution >= 0.6 is 11.6 Å². The molecule has 0 spiro atoms. The van der Waals surface area contributed by atoms with Crippen LogP contribution < -0.4 is 0 Å². The number of allylic oxidation sites excluding steroid dienone is 2. The van der Waals surface area contributed by atoms with Crippen LogP contribution in [0.2, 0.25) is 5.02 Å². The lowest BCUT2D eigenvalue weighted by Crippen LogP contribution is -2.21. The number of benzene rings is 2. The van der Waals surface area contributed by atoms with E-state index >= 15 is 0 Å². The second-order valence-corrected chi connectivity index (χ2v) is 7.37. The van der Waals surface area contributed by atoms with Crippen LogP contribution in [-0.4, -0.2) is 10.9 Å².